The summed E-state index contributed by atoms with van der Waals surface area (Å²) in [5, 5.41) is 10.6. The fourth-order valence-electron chi connectivity index (χ4n) is 2.97. The molecule has 0 atom stereocenters. The minimum atomic E-state index is -1.01. The molecule has 0 bridgehead atoms. The molecule has 0 unspecified atom stereocenters. The number of rotatable bonds is 3. The number of carboxylic acid groups (broad SMARTS) is 1. The number of fused-ring (bicyclic) bond motifs is 1. The Morgan fingerprint density at radius 2 is 1.54 bits per heavy atom. The molecule has 5 heteroatoms. The van der Waals surface area contributed by atoms with Gasteiger partial charge in [0.15, 0.2) is 0 Å². The molecule has 0 aliphatic rings. The average Bonchev–Trinajstić information content (AvgIpc) is 2.61. The van der Waals surface area contributed by atoms with Crippen LogP contribution in [0.1, 0.15) is 42.2 Å². The first-order valence-electron chi connectivity index (χ1n) is 7.97. The van der Waals surface area contributed by atoms with Crippen molar-refractivity contribution in [3.05, 3.63) is 82.4 Å². The van der Waals surface area contributed by atoms with Crippen molar-refractivity contribution in [3.63, 3.8) is 0 Å². The van der Waals surface area contributed by atoms with Crippen molar-refractivity contribution in [2.45, 2.75) is 13.8 Å². The van der Waals surface area contributed by atoms with Crippen LogP contribution in [0.2, 0.25) is 0 Å². The van der Waals surface area contributed by atoms with Crippen molar-refractivity contribution in [2.75, 3.05) is 0 Å². The molecule has 0 amide bonds. The summed E-state index contributed by atoms with van der Waals surface area (Å²) in [5.74, 6) is -2.45. The van der Waals surface area contributed by atoms with Gasteiger partial charge in [-0.1, -0.05) is 30.3 Å². The lowest BCUT2D eigenvalue weighted by Crippen LogP contribution is -2.15. The number of esters is 2. The third-order valence-corrected chi connectivity index (χ3v) is 4.24. The van der Waals surface area contributed by atoms with Gasteiger partial charge >= 0.3 is 17.9 Å². The zero-order valence-corrected chi connectivity index (χ0v) is 14.3. The number of carbonyl (C=O) groups is 3. The maximum atomic E-state index is 12.6. The Hall–Kier alpha value is -3.47. The van der Waals surface area contributed by atoms with Crippen molar-refractivity contribution < 1.29 is 24.2 Å². The van der Waals surface area contributed by atoms with Crippen molar-refractivity contribution in [1.29, 1.82) is 0 Å². The summed E-state index contributed by atoms with van der Waals surface area (Å²) in [4.78, 5) is 35.8. The second-order valence-electron chi connectivity index (χ2n) is 5.98. The number of aryl methyl sites for hydroxylation is 2. The number of ether oxygens (including phenoxy) is 1. The molecular weight excluding hydrogens is 332 g/mol. The number of aromatic carboxylic acids is 1. The number of benzene rings is 3. The third-order valence-electron chi connectivity index (χ3n) is 4.24. The second-order valence-corrected chi connectivity index (χ2v) is 5.98. The predicted molar refractivity (Wildman–Crippen MR) is 96.6 cm³/mol. The SMILES string of the molecule is Cc1cc2cc(C(=O)O)ccc2c(C)c1C(=O)OC(=O)c1ccccc1. The largest absolute Gasteiger partial charge is 0.478 e. The van der Waals surface area contributed by atoms with Gasteiger partial charge in [-0.3, -0.25) is 0 Å². The molecule has 3 aromatic rings. The highest BCUT2D eigenvalue weighted by Crippen LogP contribution is 2.27. The molecule has 0 aliphatic carbocycles. The second kappa shape index (κ2) is 6.80. The monoisotopic (exact) mass is 348 g/mol. The zero-order valence-electron chi connectivity index (χ0n) is 14.3. The highest BCUT2D eigenvalue weighted by molar-refractivity contribution is 6.07. The molecule has 3 aromatic carbocycles. The molecule has 0 fully saturated rings. The van der Waals surface area contributed by atoms with Gasteiger partial charge in [0, 0.05) is 0 Å². The minimum Gasteiger partial charge on any atom is -0.478 e. The van der Waals surface area contributed by atoms with Crippen LogP contribution in [0.3, 0.4) is 0 Å². The molecule has 0 saturated carbocycles. The molecule has 0 radical (unpaired) electrons. The van der Waals surface area contributed by atoms with Crippen molar-refractivity contribution in [1.82, 2.24) is 0 Å². The molecular formula is C21H16O5. The predicted octanol–water partition coefficient (Wildman–Crippen LogP) is 4.15. The van der Waals surface area contributed by atoms with E-state index in [1.54, 1.807) is 62.4 Å². The van der Waals surface area contributed by atoms with Gasteiger partial charge in [-0.05, 0) is 60.0 Å². The lowest BCUT2D eigenvalue weighted by Gasteiger charge is -2.12. The van der Waals surface area contributed by atoms with Crippen LogP contribution in [0.15, 0.2) is 54.6 Å². The van der Waals surface area contributed by atoms with Gasteiger partial charge in [-0.15, -0.1) is 0 Å². The summed E-state index contributed by atoms with van der Waals surface area (Å²) >= 11 is 0. The van der Waals surface area contributed by atoms with Crippen LogP contribution < -0.4 is 0 Å². The molecule has 130 valence electrons. The van der Waals surface area contributed by atoms with Crippen molar-refractivity contribution >= 4 is 28.7 Å². The molecule has 26 heavy (non-hydrogen) atoms. The lowest BCUT2D eigenvalue weighted by molar-refractivity contribution is 0.0396. The van der Waals surface area contributed by atoms with Crippen LogP contribution in [0.5, 0.6) is 0 Å². The van der Waals surface area contributed by atoms with Gasteiger partial charge in [0.05, 0.1) is 16.7 Å². The first kappa shape index (κ1) is 17.4. The van der Waals surface area contributed by atoms with E-state index in [2.05, 4.69) is 0 Å². The fraction of sp³-hybridized carbons (Fsp3) is 0.0952. The van der Waals surface area contributed by atoms with Gasteiger partial charge < -0.3 is 9.84 Å². The Morgan fingerprint density at radius 1 is 0.846 bits per heavy atom. The van der Waals surface area contributed by atoms with Gasteiger partial charge in [0.1, 0.15) is 0 Å². The van der Waals surface area contributed by atoms with E-state index in [1.807, 2.05) is 0 Å². The van der Waals surface area contributed by atoms with E-state index in [0.717, 1.165) is 5.39 Å². The quantitative estimate of drug-likeness (QED) is 0.568. The standard InChI is InChI=1S/C21H16O5/c1-12-10-16-11-15(19(22)23)8-9-17(16)13(2)18(12)21(25)26-20(24)14-6-4-3-5-7-14/h3-11H,1-2H3,(H,22,23). The Bertz CT molecular complexity index is 1040. The average molecular weight is 348 g/mol. The first-order valence-corrected chi connectivity index (χ1v) is 7.97. The highest BCUT2D eigenvalue weighted by atomic mass is 16.6. The number of carboxylic acids is 1. The van der Waals surface area contributed by atoms with Crippen LogP contribution in [0.25, 0.3) is 10.8 Å². The molecule has 0 aliphatic heterocycles. The number of hydrogen-bond acceptors (Lipinski definition) is 4. The van der Waals surface area contributed by atoms with Gasteiger partial charge in [0.25, 0.3) is 0 Å². The normalized spacial score (nSPS) is 10.5. The van der Waals surface area contributed by atoms with Crippen LogP contribution in [0.4, 0.5) is 0 Å². The third kappa shape index (κ3) is 3.19. The van der Waals surface area contributed by atoms with Gasteiger partial charge in [-0.2, -0.15) is 0 Å². The summed E-state index contributed by atoms with van der Waals surface area (Å²) in [6, 6.07) is 14.7. The van der Waals surface area contributed by atoms with Crippen LogP contribution in [-0.2, 0) is 4.74 Å². The van der Waals surface area contributed by atoms with Crippen molar-refractivity contribution in [2.24, 2.45) is 0 Å². The van der Waals surface area contributed by atoms with E-state index in [4.69, 9.17) is 9.84 Å². The lowest BCUT2D eigenvalue weighted by atomic mass is 9.94. The molecule has 0 saturated heterocycles. The number of carbonyl (C=O) groups excluding carboxylic acids is 2. The summed E-state index contributed by atoms with van der Waals surface area (Å²) in [7, 11) is 0. The smallest absolute Gasteiger partial charge is 0.346 e. The summed E-state index contributed by atoms with van der Waals surface area (Å²) in [5.41, 5.74) is 2.03. The molecule has 1 N–H and O–H groups in total. The van der Waals surface area contributed by atoms with Crippen LogP contribution in [-0.4, -0.2) is 23.0 Å². The molecule has 3 rings (SSSR count). The summed E-state index contributed by atoms with van der Waals surface area (Å²) < 4.78 is 5.02. The summed E-state index contributed by atoms with van der Waals surface area (Å²) in [6.45, 7) is 3.48. The van der Waals surface area contributed by atoms with E-state index in [1.165, 1.54) is 6.07 Å². The zero-order chi connectivity index (χ0) is 18.8. The van der Waals surface area contributed by atoms with E-state index in [0.29, 0.717) is 27.6 Å². The Labute approximate surface area is 149 Å². The van der Waals surface area contributed by atoms with Gasteiger partial charge in [-0.25, -0.2) is 14.4 Å². The van der Waals surface area contributed by atoms with Crippen molar-refractivity contribution in [3.8, 4) is 0 Å². The van der Waals surface area contributed by atoms with Crippen LogP contribution in [0, 0.1) is 13.8 Å². The van der Waals surface area contributed by atoms with E-state index < -0.39 is 17.9 Å². The Kier molecular flexibility index (Phi) is 4.54. The number of hydrogen-bond donors (Lipinski definition) is 1. The van der Waals surface area contributed by atoms with E-state index in [-0.39, 0.29) is 5.56 Å². The van der Waals surface area contributed by atoms with E-state index >= 15 is 0 Å². The molecule has 5 nitrogen and oxygen atoms in total. The molecule has 0 spiro atoms. The Balaban J connectivity index is 1.99. The molecule has 0 heterocycles. The minimum absolute atomic E-state index is 0.172. The summed E-state index contributed by atoms with van der Waals surface area (Å²) in [6.07, 6.45) is 0. The molecule has 0 aromatic heterocycles. The Morgan fingerprint density at radius 3 is 2.19 bits per heavy atom. The topological polar surface area (TPSA) is 80.7 Å². The maximum absolute atomic E-state index is 12.6. The van der Waals surface area contributed by atoms with Gasteiger partial charge in [0.2, 0.25) is 0 Å². The fourth-order valence-corrected chi connectivity index (χ4v) is 2.97. The highest BCUT2D eigenvalue weighted by Gasteiger charge is 2.20. The first-order chi connectivity index (χ1) is 12.4. The van der Waals surface area contributed by atoms with Crippen LogP contribution >= 0.6 is 0 Å². The van der Waals surface area contributed by atoms with E-state index in [9.17, 15) is 14.4 Å². The maximum Gasteiger partial charge on any atom is 0.346 e.